The molecule has 0 spiro atoms. The van der Waals surface area contributed by atoms with Crippen molar-refractivity contribution in [1.82, 2.24) is 0 Å². The van der Waals surface area contributed by atoms with Gasteiger partial charge >= 0.3 is 17.9 Å². The number of allylic oxidation sites excluding steroid dienone is 22. The minimum Gasteiger partial charge on any atom is -0.462 e. The summed E-state index contributed by atoms with van der Waals surface area (Å²) in [6, 6.07) is 0. The highest BCUT2D eigenvalue weighted by molar-refractivity contribution is 5.72. The fraction of sp³-hybridized carbons (Fsp3) is 0.557. The van der Waals surface area contributed by atoms with Crippen LogP contribution >= 0.6 is 0 Å². The van der Waals surface area contributed by atoms with Crippen LogP contribution in [-0.4, -0.2) is 37.2 Å². The van der Waals surface area contributed by atoms with Gasteiger partial charge in [0.15, 0.2) is 6.10 Å². The molecule has 0 N–H and O–H groups in total. The number of hydrogen-bond acceptors (Lipinski definition) is 6. The quantitative estimate of drug-likeness (QED) is 0.0262. The van der Waals surface area contributed by atoms with Gasteiger partial charge < -0.3 is 14.2 Å². The van der Waals surface area contributed by atoms with E-state index < -0.39 is 18.0 Å². The van der Waals surface area contributed by atoms with E-state index in [0.29, 0.717) is 19.3 Å². The predicted octanol–water partition coefficient (Wildman–Crippen LogP) is 17.6. The highest BCUT2D eigenvalue weighted by Crippen LogP contribution is 2.13. The molecule has 0 saturated heterocycles. The summed E-state index contributed by atoms with van der Waals surface area (Å²) in [6.45, 7) is 6.19. The molecule has 0 bridgehead atoms. The Balaban J connectivity index is 4.62. The van der Waals surface area contributed by atoms with E-state index in [1.807, 2.05) is 12.2 Å². The Hall–Kier alpha value is -4.71. The van der Waals surface area contributed by atoms with Crippen molar-refractivity contribution in [2.45, 2.75) is 207 Å². The molecule has 0 aliphatic carbocycles. The van der Waals surface area contributed by atoms with Crippen LogP contribution in [0.2, 0.25) is 0 Å². The van der Waals surface area contributed by atoms with Gasteiger partial charge in [-0.05, 0) is 103 Å². The smallest absolute Gasteiger partial charge is 0.310 e. The standard InChI is InChI=1S/C61H94O6/c1-4-7-10-13-16-19-22-25-28-29-30-31-34-36-39-42-45-48-51-54-60(63)66-57-58(67-61(64)55-52-49-46-43-40-37-33-27-24-21-18-15-12-9-6-3)56-65-59(62)53-50-47-44-41-38-35-32-26-23-20-17-14-11-8-5-2/h8-9,11-12,16-21,25-28,32-33,38,40-41,43,47,49-50,52,58H,4-7,10,13-15,22-24,29-31,34-37,39,42,44-46,48,51,53-57H2,1-3H3/b11-8-,12-9-,19-16-,20-17-,21-18-,28-25-,32-26-,33-27-,41-38-,43-40-,50-47-,52-49-. The summed E-state index contributed by atoms with van der Waals surface area (Å²) in [5.41, 5.74) is 0. The number of rotatable bonds is 45. The minimum absolute atomic E-state index is 0.0701. The van der Waals surface area contributed by atoms with Crippen molar-refractivity contribution in [1.29, 1.82) is 0 Å². The Bertz CT molecular complexity index is 1530. The molecular weight excluding hydrogens is 829 g/mol. The third-order valence-corrected chi connectivity index (χ3v) is 10.4. The molecule has 0 radical (unpaired) electrons. The lowest BCUT2D eigenvalue weighted by molar-refractivity contribution is -0.166. The molecule has 374 valence electrons. The van der Waals surface area contributed by atoms with E-state index in [2.05, 4.69) is 142 Å². The molecule has 0 heterocycles. The number of unbranched alkanes of at least 4 members (excludes halogenated alkanes) is 12. The van der Waals surface area contributed by atoms with Crippen LogP contribution in [0.25, 0.3) is 0 Å². The Kier molecular flexibility index (Phi) is 50.1. The van der Waals surface area contributed by atoms with E-state index in [4.69, 9.17) is 14.2 Å². The predicted molar refractivity (Wildman–Crippen MR) is 288 cm³/mol. The lowest BCUT2D eigenvalue weighted by Crippen LogP contribution is -2.30. The largest absolute Gasteiger partial charge is 0.462 e. The Morgan fingerprint density at radius 1 is 0.328 bits per heavy atom. The van der Waals surface area contributed by atoms with Crippen LogP contribution < -0.4 is 0 Å². The molecule has 0 aromatic rings. The van der Waals surface area contributed by atoms with Gasteiger partial charge in [0.25, 0.3) is 0 Å². The molecule has 0 aliphatic heterocycles. The highest BCUT2D eigenvalue weighted by Gasteiger charge is 2.19. The lowest BCUT2D eigenvalue weighted by atomic mass is 10.1. The van der Waals surface area contributed by atoms with Crippen molar-refractivity contribution >= 4 is 17.9 Å². The van der Waals surface area contributed by atoms with Crippen molar-refractivity contribution in [2.75, 3.05) is 13.2 Å². The van der Waals surface area contributed by atoms with Gasteiger partial charge in [0.1, 0.15) is 13.2 Å². The van der Waals surface area contributed by atoms with E-state index in [0.717, 1.165) is 77.0 Å². The monoisotopic (exact) mass is 923 g/mol. The second-order valence-electron chi connectivity index (χ2n) is 16.7. The topological polar surface area (TPSA) is 78.9 Å². The average Bonchev–Trinajstić information content (AvgIpc) is 3.33. The summed E-state index contributed by atoms with van der Waals surface area (Å²) >= 11 is 0. The van der Waals surface area contributed by atoms with Crippen LogP contribution in [0, 0.1) is 0 Å². The second kappa shape index (κ2) is 53.9. The molecule has 0 aromatic carbocycles. The maximum atomic E-state index is 12.7. The fourth-order valence-corrected chi connectivity index (χ4v) is 6.50. The van der Waals surface area contributed by atoms with Gasteiger partial charge in [-0.15, -0.1) is 0 Å². The Morgan fingerprint density at radius 2 is 0.642 bits per heavy atom. The van der Waals surface area contributed by atoms with Gasteiger partial charge in [0.05, 0.1) is 12.8 Å². The summed E-state index contributed by atoms with van der Waals surface area (Å²) in [7, 11) is 0. The molecule has 0 rings (SSSR count). The summed E-state index contributed by atoms with van der Waals surface area (Å²) in [6.07, 6.45) is 77.4. The average molecular weight is 923 g/mol. The van der Waals surface area contributed by atoms with Gasteiger partial charge in [-0.3, -0.25) is 14.4 Å². The number of esters is 3. The van der Waals surface area contributed by atoms with Gasteiger partial charge in [-0.1, -0.05) is 224 Å². The number of carbonyl (C=O) groups excluding carboxylic acids is 3. The SMILES string of the molecule is CC/C=C\C/C=C\C/C=C\C/C=C\C/C=C\CC(=O)OCC(COC(=O)CCCCCCCCCCC/C=C\C/C=C\CCCCC)OC(=O)C/C=C\C/C=C\C/C=C\C/C=C\C/C=C\CC. The van der Waals surface area contributed by atoms with Crippen LogP contribution in [0.3, 0.4) is 0 Å². The fourth-order valence-electron chi connectivity index (χ4n) is 6.50. The Labute approximate surface area is 410 Å². The zero-order chi connectivity index (χ0) is 48.6. The number of ether oxygens (including phenoxy) is 3. The Morgan fingerprint density at radius 3 is 1.04 bits per heavy atom. The van der Waals surface area contributed by atoms with Crippen LogP contribution in [0.15, 0.2) is 146 Å². The van der Waals surface area contributed by atoms with Gasteiger partial charge in [0, 0.05) is 6.42 Å². The molecular formula is C61H94O6. The van der Waals surface area contributed by atoms with Gasteiger partial charge in [-0.2, -0.15) is 0 Å². The summed E-state index contributed by atoms with van der Waals surface area (Å²) in [5.74, 6) is -1.23. The first-order valence-electron chi connectivity index (χ1n) is 26.3. The second-order valence-corrected chi connectivity index (χ2v) is 16.7. The first-order chi connectivity index (χ1) is 33.0. The molecule has 1 unspecified atom stereocenters. The summed E-state index contributed by atoms with van der Waals surface area (Å²) in [5, 5.41) is 0. The van der Waals surface area contributed by atoms with E-state index in [1.54, 1.807) is 12.2 Å². The molecule has 0 amide bonds. The molecule has 1 atom stereocenters. The molecule has 67 heavy (non-hydrogen) atoms. The number of hydrogen-bond donors (Lipinski definition) is 0. The zero-order valence-electron chi connectivity index (χ0n) is 42.6. The van der Waals surface area contributed by atoms with Crippen LogP contribution in [0.4, 0.5) is 0 Å². The minimum atomic E-state index is -0.880. The van der Waals surface area contributed by atoms with E-state index in [-0.39, 0.29) is 32.0 Å². The third kappa shape index (κ3) is 52.1. The van der Waals surface area contributed by atoms with Crippen molar-refractivity contribution in [2.24, 2.45) is 0 Å². The van der Waals surface area contributed by atoms with Crippen LogP contribution in [-0.2, 0) is 28.6 Å². The first-order valence-corrected chi connectivity index (χ1v) is 26.3. The van der Waals surface area contributed by atoms with Gasteiger partial charge in [0.2, 0.25) is 0 Å². The zero-order valence-corrected chi connectivity index (χ0v) is 42.6. The molecule has 6 nitrogen and oxygen atoms in total. The molecule has 0 aromatic heterocycles. The maximum Gasteiger partial charge on any atom is 0.310 e. The molecule has 6 heteroatoms. The first kappa shape index (κ1) is 62.3. The molecule has 0 fully saturated rings. The van der Waals surface area contributed by atoms with E-state index in [1.165, 1.54) is 70.6 Å². The maximum absolute atomic E-state index is 12.7. The molecule has 0 aliphatic rings. The van der Waals surface area contributed by atoms with Gasteiger partial charge in [-0.25, -0.2) is 0 Å². The van der Waals surface area contributed by atoms with Crippen molar-refractivity contribution in [3.8, 4) is 0 Å². The van der Waals surface area contributed by atoms with Crippen molar-refractivity contribution in [3.63, 3.8) is 0 Å². The lowest BCUT2D eigenvalue weighted by Gasteiger charge is -2.17. The normalized spacial score (nSPS) is 13.3. The van der Waals surface area contributed by atoms with E-state index in [9.17, 15) is 14.4 Å². The summed E-state index contributed by atoms with van der Waals surface area (Å²) < 4.78 is 16.6. The van der Waals surface area contributed by atoms with E-state index >= 15 is 0 Å². The van der Waals surface area contributed by atoms with Crippen LogP contribution in [0.1, 0.15) is 201 Å². The summed E-state index contributed by atoms with van der Waals surface area (Å²) in [4.78, 5) is 37.9. The highest BCUT2D eigenvalue weighted by atomic mass is 16.6. The third-order valence-electron chi connectivity index (χ3n) is 10.4. The number of carbonyl (C=O) groups is 3. The molecule has 0 saturated carbocycles. The van der Waals surface area contributed by atoms with Crippen molar-refractivity contribution < 1.29 is 28.6 Å². The van der Waals surface area contributed by atoms with Crippen molar-refractivity contribution in [3.05, 3.63) is 146 Å². The van der Waals surface area contributed by atoms with Crippen LogP contribution in [0.5, 0.6) is 0 Å².